The molecule has 33 heavy (non-hydrogen) atoms. The van der Waals surface area contributed by atoms with Crippen LogP contribution in [0.3, 0.4) is 0 Å². The third-order valence-electron chi connectivity index (χ3n) is 4.19. The number of pyridine rings is 1. The first-order valence-electron chi connectivity index (χ1n) is 10.1. The zero-order valence-corrected chi connectivity index (χ0v) is 21.4. The highest BCUT2D eigenvalue weighted by Crippen LogP contribution is 2.39. The Balaban J connectivity index is 2.12. The van der Waals surface area contributed by atoms with Crippen molar-refractivity contribution in [2.24, 2.45) is 0 Å². The maximum atomic E-state index is 12.1. The lowest BCUT2D eigenvalue weighted by atomic mass is 10.1. The second kappa shape index (κ2) is 11.6. The summed E-state index contributed by atoms with van der Waals surface area (Å²) >= 11 is 5.74. The Morgan fingerprint density at radius 2 is 1.55 bits per heavy atom. The topological polar surface area (TPSA) is 121 Å². The summed E-state index contributed by atoms with van der Waals surface area (Å²) in [6, 6.07) is 1.71. The van der Waals surface area contributed by atoms with E-state index >= 15 is 0 Å². The Labute approximate surface area is 206 Å². The van der Waals surface area contributed by atoms with Crippen LogP contribution in [0.15, 0.2) is 16.8 Å². The number of esters is 2. The first kappa shape index (κ1) is 25.2. The number of carbonyl (C=O) groups excluding carboxylic acids is 2. The summed E-state index contributed by atoms with van der Waals surface area (Å²) in [5, 5.41) is 15.0. The lowest BCUT2D eigenvalue weighted by molar-refractivity contribution is 0.0511. The van der Waals surface area contributed by atoms with E-state index in [1.165, 1.54) is 22.7 Å². The van der Waals surface area contributed by atoms with Crippen LogP contribution in [0, 0.1) is 0 Å². The Hall–Kier alpha value is -2.41. The molecule has 0 amide bonds. The molecule has 0 saturated carbocycles. The molecule has 0 aromatic carbocycles. The normalized spacial score (nSPS) is 11.8. The molecule has 0 bridgehead atoms. The van der Waals surface area contributed by atoms with E-state index in [-0.39, 0.29) is 29.9 Å². The number of alkyl halides is 1. The minimum Gasteiger partial charge on any atom is -0.491 e. The molecule has 1 atom stereocenters. The molecule has 176 valence electrons. The van der Waals surface area contributed by atoms with Crippen LogP contribution in [0.5, 0.6) is 5.75 Å². The molecular weight excluding hydrogens is 534 g/mol. The van der Waals surface area contributed by atoms with Gasteiger partial charge in [-0.2, -0.15) is 0 Å². The first-order valence-corrected chi connectivity index (χ1v) is 13.0. The Morgan fingerprint density at radius 3 is 2.09 bits per heavy atom. The minimum atomic E-state index is -0.964. The van der Waals surface area contributed by atoms with Gasteiger partial charge in [-0.15, -0.1) is 22.7 Å². The molecule has 3 aromatic rings. The van der Waals surface area contributed by atoms with Gasteiger partial charge in [0.15, 0.2) is 11.4 Å². The second-order valence-corrected chi connectivity index (χ2v) is 8.75. The maximum absolute atomic E-state index is 12.1. The summed E-state index contributed by atoms with van der Waals surface area (Å²) in [4.78, 5) is 37.5. The average molecular weight is 556 g/mol. The van der Waals surface area contributed by atoms with Gasteiger partial charge in [0, 0.05) is 21.7 Å². The number of aliphatic hydroxyl groups is 1. The smallest absolute Gasteiger partial charge is 0.357 e. The number of ether oxygens (including phenoxy) is 3. The highest BCUT2D eigenvalue weighted by Gasteiger charge is 2.25. The van der Waals surface area contributed by atoms with E-state index in [1.54, 1.807) is 30.7 Å². The van der Waals surface area contributed by atoms with Crippen molar-refractivity contribution in [3.63, 3.8) is 0 Å². The molecule has 3 heterocycles. The predicted molar refractivity (Wildman–Crippen MR) is 128 cm³/mol. The van der Waals surface area contributed by atoms with Crippen LogP contribution in [0.2, 0.25) is 0 Å². The summed E-state index contributed by atoms with van der Waals surface area (Å²) in [5.41, 5.74) is 1.60. The van der Waals surface area contributed by atoms with Gasteiger partial charge in [-0.3, -0.25) is 0 Å². The van der Waals surface area contributed by atoms with Gasteiger partial charge >= 0.3 is 11.9 Å². The van der Waals surface area contributed by atoms with Crippen LogP contribution in [-0.2, 0) is 9.47 Å². The highest BCUT2D eigenvalue weighted by atomic mass is 79.9. The molecule has 3 rings (SSSR count). The van der Waals surface area contributed by atoms with Crippen molar-refractivity contribution in [2.45, 2.75) is 26.9 Å². The number of halogens is 1. The average Bonchev–Trinajstić information content (AvgIpc) is 3.49. The van der Waals surface area contributed by atoms with Crippen molar-refractivity contribution < 1.29 is 28.9 Å². The molecule has 0 fully saturated rings. The second-order valence-electron chi connectivity index (χ2n) is 6.39. The molecule has 0 aliphatic heterocycles. The lowest BCUT2D eigenvalue weighted by Crippen LogP contribution is -2.08. The summed E-state index contributed by atoms with van der Waals surface area (Å²) in [6.07, 6.45) is -0.964. The molecule has 0 saturated heterocycles. The summed E-state index contributed by atoms with van der Waals surface area (Å²) in [6.45, 7) is 6.12. The monoisotopic (exact) mass is 555 g/mol. The van der Waals surface area contributed by atoms with Crippen LogP contribution < -0.4 is 4.74 Å². The minimum absolute atomic E-state index is 0.173. The van der Waals surface area contributed by atoms with Gasteiger partial charge in [-0.25, -0.2) is 24.5 Å². The third kappa shape index (κ3) is 5.75. The van der Waals surface area contributed by atoms with Crippen molar-refractivity contribution in [2.75, 3.05) is 25.2 Å². The van der Waals surface area contributed by atoms with E-state index in [1.807, 2.05) is 6.92 Å². The van der Waals surface area contributed by atoms with Crippen molar-refractivity contribution >= 4 is 50.5 Å². The van der Waals surface area contributed by atoms with E-state index in [0.717, 1.165) is 0 Å². The molecule has 9 nitrogen and oxygen atoms in total. The molecule has 0 radical (unpaired) electrons. The number of carbonyl (C=O) groups is 2. The molecule has 0 aliphatic rings. The van der Waals surface area contributed by atoms with Crippen LogP contribution in [0.25, 0.3) is 21.3 Å². The standard InChI is InChI=1S/C21H22BrN3O6S2/c1-4-29-15-7-11(18-23-12(9-32-18)20(27)30-5-2)16(14(26)8-22)25-17(15)19-24-13(10-33-19)21(28)31-6-3/h7,9-10,14,26H,4-6,8H2,1-3H3. The van der Waals surface area contributed by atoms with E-state index in [0.29, 0.717) is 39.3 Å². The third-order valence-corrected chi connectivity index (χ3v) is 6.53. The summed E-state index contributed by atoms with van der Waals surface area (Å²) in [7, 11) is 0. The number of nitrogens with zero attached hydrogens (tertiary/aromatic N) is 3. The van der Waals surface area contributed by atoms with E-state index in [4.69, 9.17) is 14.2 Å². The zero-order valence-electron chi connectivity index (χ0n) is 18.2. The molecule has 3 aromatic heterocycles. The molecule has 12 heteroatoms. The molecular formula is C21H22BrN3O6S2. The van der Waals surface area contributed by atoms with Crippen molar-refractivity contribution in [3.8, 4) is 27.0 Å². The van der Waals surface area contributed by atoms with Crippen LogP contribution in [-0.4, -0.2) is 57.1 Å². The number of hydrogen-bond acceptors (Lipinski definition) is 11. The number of thiazole rings is 2. The van der Waals surface area contributed by atoms with Gasteiger partial charge in [0.2, 0.25) is 0 Å². The van der Waals surface area contributed by atoms with E-state index < -0.39 is 18.0 Å². The predicted octanol–water partition coefficient (Wildman–Crippen LogP) is 4.51. The fourth-order valence-corrected chi connectivity index (χ4v) is 4.71. The summed E-state index contributed by atoms with van der Waals surface area (Å²) in [5.74, 6) is -0.633. The largest absolute Gasteiger partial charge is 0.491 e. The molecule has 1 unspecified atom stereocenters. The van der Waals surface area contributed by atoms with Gasteiger partial charge in [0.1, 0.15) is 27.6 Å². The number of aromatic nitrogens is 3. The zero-order chi connectivity index (χ0) is 24.0. The quantitative estimate of drug-likeness (QED) is 0.284. The van der Waals surface area contributed by atoms with Gasteiger partial charge in [0.05, 0.1) is 25.5 Å². The van der Waals surface area contributed by atoms with Crippen LogP contribution in [0.4, 0.5) is 0 Å². The van der Waals surface area contributed by atoms with E-state index in [9.17, 15) is 14.7 Å². The van der Waals surface area contributed by atoms with Crippen LogP contribution in [0.1, 0.15) is 53.5 Å². The van der Waals surface area contributed by atoms with Crippen molar-refractivity contribution in [1.82, 2.24) is 15.0 Å². The van der Waals surface area contributed by atoms with Gasteiger partial charge < -0.3 is 19.3 Å². The van der Waals surface area contributed by atoms with Gasteiger partial charge in [0.25, 0.3) is 0 Å². The van der Waals surface area contributed by atoms with Gasteiger partial charge in [-0.05, 0) is 26.8 Å². The highest BCUT2D eigenvalue weighted by molar-refractivity contribution is 9.09. The molecule has 1 N–H and O–H groups in total. The Bertz CT molecular complexity index is 1130. The Kier molecular flexibility index (Phi) is 8.89. The van der Waals surface area contributed by atoms with Crippen LogP contribution >= 0.6 is 38.6 Å². The lowest BCUT2D eigenvalue weighted by Gasteiger charge is -2.16. The Morgan fingerprint density at radius 1 is 0.970 bits per heavy atom. The SMILES string of the molecule is CCOC(=O)c1csc(-c2cc(OCC)c(-c3nc(C(=O)OCC)cs3)nc2C(O)CBr)n1. The van der Waals surface area contributed by atoms with Crippen molar-refractivity contribution in [3.05, 3.63) is 33.9 Å². The number of hydrogen-bond donors (Lipinski definition) is 1. The fraction of sp³-hybridized carbons (Fsp3) is 0.381. The first-order chi connectivity index (χ1) is 15.9. The maximum Gasteiger partial charge on any atom is 0.357 e. The number of aliphatic hydroxyl groups excluding tert-OH is 1. The fourth-order valence-electron chi connectivity index (χ4n) is 2.80. The van der Waals surface area contributed by atoms with E-state index in [2.05, 4.69) is 30.9 Å². The van der Waals surface area contributed by atoms with Crippen molar-refractivity contribution in [1.29, 1.82) is 0 Å². The van der Waals surface area contributed by atoms with Gasteiger partial charge in [-0.1, -0.05) is 15.9 Å². The molecule has 0 aliphatic carbocycles. The summed E-state index contributed by atoms with van der Waals surface area (Å²) < 4.78 is 15.8. The molecule has 0 spiro atoms. The number of rotatable bonds is 10.